The number of benzene rings is 1. The van der Waals surface area contributed by atoms with Crippen molar-refractivity contribution in [3.63, 3.8) is 0 Å². The van der Waals surface area contributed by atoms with Gasteiger partial charge in [-0.15, -0.1) is 0 Å². The van der Waals surface area contributed by atoms with Crippen LogP contribution in [0.2, 0.25) is 0 Å². The minimum absolute atomic E-state index is 0.544. The highest BCUT2D eigenvalue weighted by Gasteiger charge is 2.16. The van der Waals surface area contributed by atoms with E-state index in [2.05, 4.69) is 15.9 Å². The van der Waals surface area contributed by atoms with E-state index < -0.39 is 6.10 Å². The lowest BCUT2D eigenvalue weighted by atomic mass is 10.0. The minimum atomic E-state index is -0.719. The van der Waals surface area contributed by atoms with Gasteiger partial charge in [0.2, 0.25) is 0 Å². The molecule has 1 heterocycles. The molecule has 16 heavy (non-hydrogen) atoms. The van der Waals surface area contributed by atoms with Crippen LogP contribution in [-0.4, -0.2) is 12.2 Å². The van der Waals surface area contributed by atoms with Crippen LogP contribution < -0.4 is 4.74 Å². The fraction of sp³-hybridized carbons (Fsp3) is 0.167. The summed E-state index contributed by atoms with van der Waals surface area (Å²) in [4.78, 5) is 0. The number of rotatable bonds is 3. The highest BCUT2D eigenvalue weighted by atomic mass is 79.9. The van der Waals surface area contributed by atoms with Crippen molar-refractivity contribution >= 4 is 15.9 Å². The molecular formula is C12H11BrO3. The molecule has 3 nitrogen and oxygen atoms in total. The molecule has 2 rings (SSSR count). The molecule has 0 bridgehead atoms. The first-order valence-electron chi connectivity index (χ1n) is 4.77. The Morgan fingerprint density at radius 2 is 2.19 bits per heavy atom. The zero-order chi connectivity index (χ0) is 11.5. The third kappa shape index (κ3) is 2.13. The first-order valence-corrected chi connectivity index (χ1v) is 5.56. The van der Waals surface area contributed by atoms with Gasteiger partial charge in [0.05, 0.1) is 13.4 Å². The first-order chi connectivity index (χ1) is 7.72. The van der Waals surface area contributed by atoms with Crippen LogP contribution in [-0.2, 0) is 0 Å². The Hall–Kier alpha value is -1.26. The summed E-state index contributed by atoms with van der Waals surface area (Å²) < 4.78 is 10.7. The Balaban J connectivity index is 2.33. The summed E-state index contributed by atoms with van der Waals surface area (Å²) in [6.07, 6.45) is 0.811. The van der Waals surface area contributed by atoms with Crippen LogP contribution in [0.15, 0.2) is 45.7 Å². The van der Waals surface area contributed by atoms with Crippen molar-refractivity contribution in [3.05, 3.63) is 52.4 Å². The number of aliphatic hydroxyl groups excluding tert-OH is 1. The molecule has 0 saturated carbocycles. The SMILES string of the molecule is COc1cccc(C(O)c2ccoc2Br)c1. The highest BCUT2D eigenvalue weighted by Crippen LogP contribution is 2.30. The molecule has 2 aromatic rings. The summed E-state index contributed by atoms with van der Waals surface area (Å²) in [7, 11) is 1.60. The maximum atomic E-state index is 10.1. The summed E-state index contributed by atoms with van der Waals surface area (Å²) in [6, 6.07) is 9.04. The maximum Gasteiger partial charge on any atom is 0.175 e. The van der Waals surface area contributed by atoms with E-state index in [9.17, 15) is 5.11 Å². The average molecular weight is 283 g/mol. The van der Waals surface area contributed by atoms with Gasteiger partial charge in [0, 0.05) is 5.56 Å². The number of furan rings is 1. The second-order valence-electron chi connectivity index (χ2n) is 3.33. The first kappa shape index (κ1) is 11.2. The molecule has 0 aliphatic heterocycles. The van der Waals surface area contributed by atoms with Crippen molar-refractivity contribution in [3.8, 4) is 5.75 Å². The normalized spacial score (nSPS) is 12.4. The zero-order valence-electron chi connectivity index (χ0n) is 8.68. The second kappa shape index (κ2) is 4.72. The molecule has 1 atom stereocenters. The van der Waals surface area contributed by atoms with E-state index in [1.165, 1.54) is 6.26 Å². The summed E-state index contributed by atoms with van der Waals surface area (Å²) in [6.45, 7) is 0. The van der Waals surface area contributed by atoms with Crippen molar-refractivity contribution in [2.75, 3.05) is 7.11 Å². The molecule has 84 valence electrons. The van der Waals surface area contributed by atoms with Gasteiger partial charge in [0.15, 0.2) is 4.67 Å². The lowest BCUT2D eigenvalue weighted by molar-refractivity contribution is 0.217. The molecule has 1 aromatic carbocycles. The lowest BCUT2D eigenvalue weighted by Crippen LogP contribution is -1.99. The van der Waals surface area contributed by atoms with Gasteiger partial charge in [0.25, 0.3) is 0 Å². The van der Waals surface area contributed by atoms with Gasteiger partial charge >= 0.3 is 0 Å². The van der Waals surface area contributed by atoms with E-state index in [1.54, 1.807) is 19.2 Å². The highest BCUT2D eigenvalue weighted by molar-refractivity contribution is 9.10. The fourth-order valence-electron chi connectivity index (χ4n) is 1.49. The zero-order valence-corrected chi connectivity index (χ0v) is 10.3. The van der Waals surface area contributed by atoms with Crippen LogP contribution in [0, 0.1) is 0 Å². The Morgan fingerprint density at radius 3 is 2.81 bits per heavy atom. The minimum Gasteiger partial charge on any atom is -0.497 e. The van der Waals surface area contributed by atoms with Crippen molar-refractivity contribution in [1.29, 1.82) is 0 Å². The number of methoxy groups -OCH3 is 1. The van der Waals surface area contributed by atoms with E-state index in [0.717, 1.165) is 11.3 Å². The molecule has 0 aliphatic carbocycles. The van der Waals surface area contributed by atoms with Crippen LogP contribution in [0.1, 0.15) is 17.2 Å². The Labute approximate surface area is 102 Å². The van der Waals surface area contributed by atoms with Crippen molar-refractivity contribution in [2.24, 2.45) is 0 Å². The number of hydrogen-bond donors (Lipinski definition) is 1. The Morgan fingerprint density at radius 1 is 1.38 bits per heavy atom. The van der Waals surface area contributed by atoms with E-state index >= 15 is 0 Å². The molecule has 0 fully saturated rings. The molecule has 0 spiro atoms. The Kier molecular flexibility index (Phi) is 3.31. The van der Waals surface area contributed by atoms with Crippen molar-refractivity contribution < 1.29 is 14.3 Å². The van der Waals surface area contributed by atoms with Crippen LogP contribution in [0.25, 0.3) is 0 Å². The quantitative estimate of drug-likeness (QED) is 0.941. The maximum absolute atomic E-state index is 10.1. The fourth-order valence-corrected chi connectivity index (χ4v) is 1.95. The number of aliphatic hydroxyl groups is 1. The predicted molar refractivity (Wildman–Crippen MR) is 63.5 cm³/mol. The third-order valence-corrected chi connectivity index (χ3v) is 2.99. The molecule has 0 saturated heterocycles. The smallest absolute Gasteiger partial charge is 0.175 e. The third-order valence-electron chi connectivity index (χ3n) is 2.35. The molecule has 1 N–H and O–H groups in total. The summed E-state index contributed by atoms with van der Waals surface area (Å²) in [5.74, 6) is 0.719. The molecule has 1 unspecified atom stereocenters. The number of halogens is 1. The molecule has 0 amide bonds. The second-order valence-corrected chi connectivity index (χ2v) is 4.05. The van der Waals surface area contributed by atoms with Crippen molar-refractivity contribution in [1.82, 2.24) is 0 Å². The van der Waals surface area contributed by atoms with E-state index in [-0.39, 0.29) is 0 Å². The van der Waals surface area contributed by atoms with Gasteiger partial charge in [-0.2, -0.15) is 0 Å². The van der Waals surface area contributed by atoms with Gasteiger partial charge in [-0.25, -0.2) is 0 Å². The van der Waals surface area contributed by atoms with Crippen LogP contribution in [0.4, 0.5) is 0 Å². The van der Waals surface area contributed by atoms with Crippen molar-refractivity contribution in [2.45, 2.75) is 6.10 Å². The molecule has 0 radical (unpaired) electrons. The monoisotopic (exact) mass is 282 g/mol. The molecule has 1 aromatic heterocycles. The van der Waals surface area contributed by atoms with Crippen LogP contribution in [0.3, 0.4) is 0 Å². The van der Waals surface area contributed by atoms with Gasteiger partial charge in [-0.05, 0) is 39.7 Å². The lowest BCUT2D eigenvalue weighted by Gasteiger charge is -2.10. The van der Waals surface area contributed by atoms with Gasteiger partial charge in [0.1, 0.15) is 11.9 Å². The standard InChI is InChI=1S/C12H11BrO3/c1-15-9-4-2-3-8(7-9)11(14)10-5-6-16-12(10)13/h2-7,11,14H,1H3. The largest absolute Gasteiger partial charge is 0.497 e. The van der Waals surface area contributed by atoms with Gasteiger partial charge in [-0.1, -0.05) is 12.1 Å². The molecule has 4 heteroatoms. The molecule has 0 aliphatic rings. The molecular weight excluding hydrogens is 272 g/mol. The van der Waals surface area contributed by atoms with Crippen LogP contribution in [0.5, 0.6) is 5.75 Å². The Bertz CT molecular complexity index is 479. The van der Waals surface area contributed by atoms with Gasteiger partial charge in [-0.3, -0.25) is 0 Å². The van der Waals surface area contributed by atoms with Crippen LogP contribution >= 0.6 is 15.9 Å². The topological polar surface area (TPSA) is 42.6 Å². The average Bonchev–Trinajstić information content (AvgIpc) is 2.74. The van der Waals surface area contributed by atoms with E-state index in [4.69, 9.17) is 9.15 Å². The summed E-state index contributed by atoms with van der Waals surface area (Å²) in [5.41, 5.74) is 1.47. The number of ether oxygens (including phenoxy) is 1. The summed E-state index contributed by atoms with van der Waals surface area (Å²) in [5, 5.41) is 10.1. The predicted octanol–water partition coefficient (Wildman–Crippen LogP) is 3.13. The number of hydrogen-bond acceptors (Lipinski definition) is 3. The summed E-state index contributed by atoms with van der Waals surface area (Å²) >= 11 is 3.24. The van der Waals surface area contributed by atoms with E-state index in [1.807, 2.05) is 18.2 Å². The van der Waals surface area contributed by atoms with Gasteiger partial charge < -0.3 is 14.3 Å². The van der Waals surface area contributed by atoms with E-state index in [0.29, 0.717) is 10.2 Å².